The highest BCUT2D eigenvalue weighted by Gasteiger charge is 2.12. The van der Waals surface area contributed by atoms with Crippen LogP contribution in [-0.4, -0.2) is 15.5 Å². The Hall–Kier alpha value is -3.21. The third-order valence-corrected chi connectivity index (χ3v) is 4.22. The molecule has 0 saturated carbocycles. The van der Waals surface area contributed by atoms with Gasteiger partial charge in [-0.25, -0.2) is 4.98 Å². The number of carbonyl (C=O) groups excluding carboxylic acids is 1. The van der Waals surface area contributed by atoms with Crippen molar-refractivity contribution < 1.29 is 4.79 Å². The fourth-order valence-electron chi connectivity index (χ4n) is 2.61. The van der Waals surface area contributed by atoms with E-state index in [2.05, 4.69) is 24.1 Å². The van der Waals surface area contributed by atoms with Gasteiger partial charge in [0.1, 0.15) is 0 Å². The van der Waals surface area contributed by atoms with Crippen molar-refractivity contribution in [1.29, 1.82) is 0 Å². The summed E-state index contributed by atoms with van der Waals surface area (Å²) >= 11 is 0. The topological polar surface area (TPSA) is 64.0 Å². The fraction of sp³-hybridized carbons (Fsp3) is 0.190. The quantitative estimate of drug-likeness (QED) is 0.778. The molecule has 0 aliphatic carbocycles. The molecule has 0 saturated heterocycles. The first-order chi connectivity index (χ1) is 12.5. The summed E-state index contributed by atoms with van der Waals surface area (Å²) in [6, 6.07) is 14.9. The summed E-state index contributed by atoms with van der Waals surface area (Å²) in [6.45, 7) is 6.18. The van der Waals surface area contributed by atoms with E-state index >= 15 is 0 Å². The fourth-order valence-corrected chi connectivity index (χ4v) is 2.61. The van der Waals surface area contributed by atoms with Gasteiger partial charge in [0.15, 0.2) is 5.82 Å². The lowest BCUT2D eigenvalue weighted by Gasteiger charge is -2.10. The minimum absolute atomic E-state index is 0.00557. The predicted molar refractivity (Wildman–Crippen MR) is 103 cm³/mol. The number of aromatic nitrogens is 2. The molecule has 132 valence electrons. The molecular weight excluding hydrogens is 326 g/mol. The number of rotatable bonds is 4. The lowest BCUT2D eigenvalue weighted by Crippen LogP contribution is -2.26. The zero-order chi connectivity index (χ0) is 18.7. The van der Waals surface area contributed by atoms with Gasteiger partial charge in [-0.3, -0.25) is 14.2 Å². The van der Waals surface area contributed by atoms with E-state index in [1.54, 1.807) is 18.3 Å². The number of hydrogen-bond acceptors (Lipinski definition) is 3. The van der Waals surface area contributed by atoms with Crippen LogP contribution in [0.5, 0.6) is 0 Å². The van der Waals surface area contributed by atoms with Gasteiger partial charge in [-0.05, 0) is 42.7 Å². The number of benzene rings is 2. The number of amides is 1. The van der Waals surface area contributed by atoms with E-state index < -0.39 is 0 Å². The van der Waals surface area contributed by atoms with Gasteiger partial charge in [-0.15, -0.1) is 0 Å². The molecule has 0 radical (unpaired) electrons. The number of nitrogens with one attached hydrogen (secondary N) is 1. The molecule has 2 aromatic carbocycles. The van der Waals surface area contributed by atoms with Crippen molar-refractivity contribution in [3.8, 4) is 5.69 Å². The highest BCUT2D eigenvalue weighted by Crippen LogP contribution is 2.16. The Labute approximate surface area is 152 Å². The maximum Gasteiger partial charge on any atom is 0.298 e. The van der Waals surface area contributed by atoms with Crippen molar-refractivity contribution in [2.45, 2.75) is 26.7 Å². The third kappa shape index (κ3) is 3.72. The normalized spacial score (nSPS) is 10.8. The summed E-state index contributed by atoms with van der Waals surface area (Å²) in [6.07, 6.45) is 3.09. The first-order valence-corrected chi connectivity index (χ1v) is 8.51. The maximum absolute atomic E-state index is 12.7. The zero-order valence-corrected chi connectivity index (χ0v) is 15.1. The molecule has 1 aromatic heterocycles. The van der Waals surface area contributed by atoms with Gasteiger partial charge in [0.05, 0.1) is 0 Å². The second-order valence-electron chi connectivity index (χ2n) is 6.52. The zero-order valence-electron chi connectivity index (χ0n) is 15.1. The lowest BCUT2D eigenvalue weighted by molar-refractivity contribution is 0.102. The smallest absolute Gasteiger partial charge is 0.298 e. The molecule has 0 spiro atoms. The van der Waals surface area contributed by atoms with E-state index in [0.29, 0.717) is 11.5 Å². The van der Waals surface area contributed by atoms with Gasteiger partial charge in [0, 0.05) is 23.6 Å². The Bertz CT molecular complexity index is 971. The number of hydrogen-bond donors (Lipinski definition) is 1. The van der Waals surface area contributed by atoms with Crippen LogP contribution in [0.1, 0.15) is 41.3 Å². The Morgan fingerprint density at radius 2 is 1.69 bits per heavy atom. The molecule has 0 unspecified atom stereocenters. The first-order valence-electron chi connectivity index (χ1n) is 8.51. The van der Waals surface area contributed by atoms with Crippen LogP contribution < -0.4 is 10.9 Å². The molecule has 3 rings (SSSR count). The molecule has 5 nitrogen and oxygen atoms in total. The van der Waals surface area contributed by atoms with Gasteiger partial charge in [0.25, 0.3) is 11.5 Å². The Morgan fingerprint density at radius 1 is 1.04 bits per heavy atom. The second kappa shape index (κ2) is 7.35. The predicted octanol–water partition coefficient (Wildman–Crippen LogP) is 3.92. The van der Waals surface area contributed by atoms with E-state index in [4.69, 9.17) is 0 Å². The maximum atomic E-state index is 12.7. The number of aryl methyl sites for hydroxylation is 1. The SMILES string of the molecule is Cc1ccc(C(=O)Nc2nccn(-c3ccc(C(C)C)cc3)c2=O)cc1. The molecule has 1 N–H and O–H groups in total. The van der Waals surface area contributed by atoms with Gasteiger partial charge in [-0.1, -0.05) is 43.7 Å². The molecule has 26 heavy (non-hydrogen) atoms. The molecule has 1 heterocycles. The third-order valence-electron chi connectivity index (χ3n) is 4.22. The Morgan fingerprint density at radius 3 is 2.31 bits per heavy atom. The minimum Gasteiger partial charge on any atom is -0.302 e. The molecule has 0 atom stereocenters. The monoisotopic (exact) mass is 347 g/mol. The molecular formula is C21H21N3O2. The van der Waals surface area contributed by atoms with Gasteiger partial charge < -0.3 is 5.32 Å². The molecule has 3 aromatic rings. The van der Waals surface area contributed by atoms with Crippen LogP contribution >= 0.6 is 0 Å². The molecule has 0 fully saturated rings. The Kier molecular flexibility index (Phi) is 4.98. The van der Waals surface area contributed by atoms with E-state index in [-0.39, 0.29) is 17.3 Å². The molecule has 5 heteroatoms. The molecule has 1 amide bonds. The van der Waals surface area contributed by atoms with Crippen LogP contribution in [0.2, 0.25) is 0 Å². The summed E-state index contributed by atoms with van der Waals surface area (Å²) in [4.78, 5) is 29.1. The lowest BCUT2D eigenvalue weighted by atomic mass is 10.0. The van der Waals surface area contributed by atoms with Crippen molar-refractivity contribution in [2.75, 3.05) is 5.32 Å². The minimum atomic E-state index is -0.370. The summed E-state index contributed by atoms with van der Waals surface area (Å²) in [5.74, 6) is 0.0658. The summed E-state index contributed by atoms with van der Waals surface area (Å²) in [5.41, 5.74) is 3.10. The number of carbonyl (C=O) groups is 1. The summed E-state index contributed by atoms with van der Waals surface area (Å²) in [5, 5.41) is 2.60. The van der Waals surface area contributed by atoms with Crippen molar-refractivity contribution in [3.05, 3.63) is 88.0 Å². The number of nitrogens with zero attached hydrogens (tertiary/aromatic N) is 2. The van der Waals surface area contributed by atoms with E-state index in [1.807, 2.05) is 43.3 Å². The standard InChI is InChI=1S/C21H21N3O2/c1-14(2)16-8-10-18(11-9-16)24-13-12-22-19(21(24)26)23-20(25)17-6-4-15(3)5-7-17/h4-14H,1-3H3,(H,22,23,25). The Balaban J connectivity index is 1.88. The molecule has 0 aliphatic rings. The van der Waals surface area contributed by atoms with E-state index in [9.17, 15) is 9.59 Å². The van der Waals surface area contributed by atoms with Crippen molar-refractivity contribution in [3.63, 3.8) is 0 Å². The van der Waals surface area contributed by atoms with Crippen molar-refractivity contribution in [2.24, 2.45) is 0 Å². The number of anilines is 1. The summed E-state index contributed by atoms with van der Waals surface area (Å²) in [7, 11) is 0. The molecule has 0 aliphatic heterocycles. The summed E-state index contributed by atoms with van der Waals surface area (Å²) < 4.78 is 1.47. The average molecular weight is 347 g/mol. The largest absolute Gasteiger partial charge is 0.302 e. The van der Waals surface area contributed by atoms with Crippen LogP contribution in [0.15, 0.2) is 65.7 Å². The second-order valence-corrected chi connectivity index (χ2v) is 6.52. The van der Waals surface area contributed by atoms with Crippen LogP contribution in [0.4, 0.5) is 5.82 Å². The van der Waals surface area contributed by atoms with Crippen LogP contribution in [0, 0.1) is 6.92 Å². The van der Waals surface area contributed by atoms with Gasteiger partial charge >= 0.3 is 0 Å². The highest BCUT2D eigenvalue weighted by atomic mass is 16.2. The van der Waals surface area contributed by atoms with E-state index in [1.165, 1.54) is 16.3 Å². The average Bonchev–Trinajstić information content (AvgIpc) is 2.64. The van der Waals surface area contributed by atoms with Gasteiger partial charge in [0.2, 0.25) is 0 Å². The van der Waals surface area contributed by atoms with Gasteiger partial charge in [-0.2, -0.15) is 0 Å². The van der Waals surface area contributed by atoms with Crippen LogP contribution in [0.25, 0.3) is 5.69 Å². The highest BCUT2D eigenvalue weighted by molar-refractivity contribution is 6.03. The molecule has 0 bridgehead atoms. The van der Waals surface area contributed by atoms with Crippen LogP contribution in [0.3, 0.4) is 0 Å². The van der Waals surface area contributed by atoms with Crippen LogP contribution in [-0.2, 0) is 0 Å². The van der Waals surface area contributed by atoms with Crippen molar-refractivity contribution >= 4 is 11.7 Å². The first kappa shape index (κ1) is 17.6. The van der Waals surface area contributed by atoms with E-state index in [0.717, 1.165) is 11.3 Å². The van der Waals surface area contributed by atoms with Crippen molar-refractivity contribution in [1.82, 2.24) is 9.55 Å².